The maximum Gasteiger partial charge on any atom is 0.287 e. The number of halogens is 1. The van der Waals surface area contributed by atoms with Crippen molar-refractivity contribution in [2.75, 3.05) is 26.0 Å². The van der Waals surface area contributed by atoms with Gasteiger partial charge in [0.15, 0.2) is 12.1 Å². The second-order valence-corrected chi connectivity index (χ2v) is 7.40. The molecule has 29 heavy (non-hydrogen) atoms. The second kappa shape index (κ2) is 9.96. The standard InChI is InChI=1S/C24H26FN3O/c1-28(2)22(18-9-5-3-6-10-18)17-26-23(19-11-7-4-8-12-19)24(29)27-21-15-13-20(25)14-16-21/h3-16,22-23,26H,17H2,1-2H3,(H,27,29)/p+2/t22-,23-/m1/s1. The molecule has 0 saturated heterocycles. The Morgan fingerprint density at radius 3 is 2.00 bits per heavy atom. The zero-order valence-electron chi connectivity index (χ0n) is 16.8. The van der Waals surface area contributed by atoms with Crippen LogP contribution in [-0.4, -0.2) is 26.5 Å². The Balaban J connectivity index is 1.78. The summed E-state index contributed by atoms with van der Waals surface area (Å²) in [6.45, 7) is 0.753. The van der Waals surface area contributed by atoms with Crippen molar-refractivity contribution < 1.29 is 19.4 Å². The molecule has 0 radical (unpaired) electrons. The molecule has 1 amide bonds. The summed E-state index contributed by atoms with van der Waals surface area (Å²) in [5.74, 6) is -0.447. The summed E-state index contributed by atoms with van der Waals surface area (Å²) in [4.78, 5) is 14.4. The van der Waals surface area contributed by atoms with Crippen LogP contribution in [0.2, 0.25) is 0 Å². The SMILES string of the molecule is C[NH+](C)[C@H](C[NH2+][C@@H](C(=O)Nc1ccc(F)cc1)c1ccccc1)c1ccccc1. The average Bonchev–Trinajstić information content (AvgIpc) is 2.74. The van der Waals surface area contributed by atoms with Gasteiger partial charge in [0.05, 0.1) is 14.1 Å². The molecule has 0 heterocycles. The van der Waals surface area contributed by atoms with E-state index in [1.165, 1.54) is 22.6 Å². The zero-order valence-corrected chi connectivity index (χ0v) is 16.8. The van der Waals surface area contributed by atoms with E-state index in [1.54, 1.807) is 12.1 Å². The van der Waals surface area contributed by atoms with Gasteiger partial charge in [-0.1, -0.05) is 60.7 Å². The molecule has 0 aliphatic heterocycles. The van der Waals surface area contributed by atoms with Crippen molar-refractivity contribution in [3.8, 4) is 0 Å². The van der Waals surface area contributed by atoms with Gasteiger partial charge >= 0.3 is 0 Å². The lowest BCUT2D eigenvalue weighted by molar-refractivity contribution is -0.911. The van der Waals surface area contributed by atoms with Crippen LogP contribution in [0, 0.1) is 5.82 Å². The van der Waals surface area contributed by atoms with Crippen LogP contribution >= 0.6 is 0 Å². The van der Waals surface area contributed by atoms with E-state index in [4.69, 9.17) is 0 Å². The quantitative estimate of drug-likeness (QED) is 0.538. The van der Waals surface area contributed by atoms with Gasteiger partial charge in [-0.2, -0.15) is 0 Å². The van der Waals surface area contributed by atoms with Crippen LogP contribution in [0.25, 0.3) is 0 Å². The third kappa shape index (κ3) is 5.73. The Bertz CT molecular complexity index is 898. The summed E-state index contributed by atoms with van der Waals surface area (Å²) < 4.78 is 13.2. The van der Waals surface area contributed by atoms with Crippen molar-refractivity contribution in [1.82, 2.24) is 0 Å². The number of likely N-dealkylation sites (N-methyl/N-ethyl adjacent to an activating group) is 1. The van der Waals surface area contributed by atoms with Crippen LogP contribution in [0.4, 0.5) is 10.1 Å². The third-order valence-corrected chi connectivity index (χ3v) is 5.06. The van der Waals surface area contributed by atoms with Crippen molar-refractivity contribution in [3.05, 3.63) is 102 Å². The van der Waals surface area contributed by atoms with Crippen molar-refractivity contribution in [2.24, 2.45) is 0 Å². The summed E-state index contributed by atoms with van der Waals surface area (Å²) in [7, 11) is 4.25. The topological polar surface area (TPSA) is 50.2 Å². The van der Waals surface area contributed by atoms with Crippen molar-refractivity contribution in [3.63, 3.8) is 0 Å². The number of rotatable bonds is 8. The third-order valence-electron chi connectivity index (χ3n) is 5.06. The molecule has 4 nitrogen and oxygen atoms in total. The molecule has 2 atom stereocenters. The molecule has 5 heteroatoms. The molecule has 3 rings (SSSR count). The molecule has 0 bridgehead atoms. The first-order valence-corrected chi connectivity index (χ1v) is 9.84. The first-order chi connectivity index (χ1) is 14.0. The van der Waals surface area contributed by atoms with Gasteiger partial charge in [-0.15, -0.1) is 0 Å². The summed E-state index contributed by atoms with van der Waals surface area (Å²) >= 11 is 0. The minimum Gasteiger partial charge on any atom is -0.329 e. The number of hydrogen-bond acceptors (Lipinski definition) is 1. The predicted octanol–water partition coefficient (Wildman–Crippen LogP) is 1.95. The fourth-order valence-corrected chi connectivity index (χ4v) is 3.47. The minimum absolute atomic E-state index is 0.122. The van der Waals surface area contributed by atoms with Gasteiger partial charge in [0.2, 0.25) is 0 Å². The van der Waals surface area contributed by atoms with E-state index in [2.05, 4.69) is 36.9 Å². The summed E-state index contributed by atoms with van der Waals surface area (Å²) in [5, 5.41) is 5.00. The van der Waals surface area contributed by atoms with E-state index in [0.717, 1.165) is 12.1 Å². The van der Waals surface area contributed by atoms with Crippen LogP contribution in [0.1, 0.15) is 23.2 Å². The number of anilines is 1. The number of carbonyl (C=O) groups excluding carboxylic acids is 1. The highest BCUT2D eigenvalue weighted by molar-refractivity contribution is 5.94. The molecule has 0 aliphatic rings. The fraction of sp³-hybridized carbons (Fsp3) is 0.208. The van der Waals surface area contributed by atoms with Gasteiger partial charge in [-0.3, -0.25) is 4.79 Å². The molecule has 0 spiro atoms. The van der Waals surface area contributed by atoms with Crippen LogP contribution in [0.15, 0.2) is 84.9 Å². The van der Waals surface area contributed by atoms with E-state index in [9.17, 15) is 9.18 Å². The Hall–Kier alpha value is -3.02. The van der Waals surface area contributed by atoms with Crippen molar-refractivity contribution in [1.29, 1.82) is 0 Å². The Morgan fingerprint density at radius 2 is 1.45 bits per heavy atom. The molecular formula is C24H28FN3O+2. The molecule has 4 N–H and O–H groups in total. The van der Waals surface area contributed by atoms with Gasteiger partial charge < -0.3 is 15.5 Å². The number of hydrogen-bond donors (Lipinski definition) is 3. The summed E-state index contributed by atoms with van der Waals surface area (Å²) in [6.07, 6.45) is 0. The van der Waals surface area contributed by atoms with Gasteiger partial charge in [0, 0.05) is 16.8 Å². The number of quaternary nitrogens is 2. The lowest BCUT2D eigenvalue weighted by Crippen LogP contribution is -3.10. The summed E-state index contributed by atoms with van der Waals surface area (Å²) in [6, 6.07) is 25.8. The normalized spacial score (nSPS) is 13.1. The Labute approximate surface area is 171 Å². The van der Waals surface area contributed by atoms with E-state index >= 15 is 0 Å². The highest BCUT2D eigenvalue weighted by Gasteiger charge is 2.28. The maximum atomic E-state index is 13.2. The van der Waals surface area contributed by atoms with Crippen LogP contribution in [0.5, 0.6) is 0 Å². The van der Waals surface area contributed by atoms with Gasteiger partial charge in [0.1, 0.15) is 12.4 Å². The number of amides is 1. The zero-order chi connectivity index (χ0) is 20.6. The first kappa shape index (κ1) is 20.7. The Kier molecular flexibility index (Phi) is 7.11. The number of carbonyl (C=O) groups is 1. The first-order valence-electron chi connectivity index (χ1n) is 9.84. The molecule has 0 aliphatic carbocycles. The lowest BCUT2D eigenvalue weighted by Gasteiger charge is -2.23. The molecule has 0 unspecified atom stereocenters. The number of nitrogens with one attached hydrogen (secondary N) is 2. The highest BCUT2D eigenvalue weighted by Crippen LogP contribution is 2.14. The average molecular weight is 394 g/mol. The molecule has 0 aromatic heterocycles. The van der Waals surface area contributed by atoms with E-state index in [0.29, 0.717) is 5.69 Å². The Morgan fingerprint density at radius 1 is 0.897 bits per heavy atom. The van der Waals surface area contributed by atoms with Gasteiger partial charge in [-0.05, 0) is 24.3 Å². The molecule has 3 aromatic rings. The van der Waals surface area contributed by atoms with E-state index in [-0.39, 0.29) is 17.8 Å². The summed E-state index contributed by atoms with van der Waals surface area (Å²) in [5.41, 5.74) is 2.77. The van der Waals surface area contributed by atoms with Crippen molar-refractivity contribution in [2.45, 2.75) is 12.1 Å². The molecular weight excluding hydrogens is 365 g/mol. The second-order valence-electron chi connectivity index (χ2n) is 7.40. The van der Waals surface area contributed by atoms with Gasteiger partial charge in [0.25, 0.3) is 5.91 Å². The highest BCUT2D eigenvalue weighted by atomic mass is 19.1. The molecule has 0 fully saturated rings. The molecule has 0 saturated carbocycles. The predicted molar refractivity (Wildman–Crippen MR) is 113 cm³/mol. The fourth-order valence-electron chi connectivity index (χ4n) is 3.47. The number of benzene rings is 3. The molecule has 150 valence electrons. The van der Waals surface area contributed by atoms with Crippen molar-refractivity contribution >= 4 is 11.6 Å². The van der Waals surface area contributed by atoms with E-state index < -0.39 is 6.04 Å². The monoisotopic (exact) mass is 393 g/mol. The van der Waals surface area contributed by atoms with E-state index in [1.807, 2.05) is 48.5 Å². The largest absolute Gasteiger partial charge is 0.329 e. The smallest absolute Gasteiger partial charge is 0.287 e. The van der Waals surface area contributed by atoms with Crippen LogP contribution < -0.4 is 15.5 Å². The maximum absolute atomic E-state index is 13.2. The van der Waals surface area contributed by atoms with Gasteiger partial charge in [-0.25, -0.2) is 4.39 Å². The molecule has 3 aromatic carbocycles. The minimum atomic E-state index is -0.396. The van der Waals surface area contributed by atoms with Crippen LogP contribution in [-0.2, 0) is 4.79 Å². The number of nitrogens with two attached hydrogens (primary N) is 1. The van der Waals surface area contributed by atoms with Crippen LogP contribution in [0.3, 0.4) is 0 Å². The lowest BCUT2D eigenvalue weighted by atomic mass is 10.0.